The number of rotatable bonds is 4. The van der Waals surface area contributed by atoms with Gasteiger partial charge in [-0.2, -0.15) is 0 Å². The average Bonchev–Trinajstić information content (AvgIpc) is 1.84. The first-order valence-electron chi connectivity index (χ1n) is 3.53. The zero-order valence-electron chi connectivity index (χ0n) is 7.01. The highest BCUT2D eigenvalue weighted by molar-refractivity contribution is 6.63. The van der Waals surface area contributed by atoms with Crippen LogP contribution in [0.3, 0.4) is 0 Å². The van der Waals surface area contributed by atoms with Crippen molar-refractivity contribution in [2.45, 2.75) is 27.2 Å². The third-order valence-electron chi connectivity index (χ3n) is 1.17. The van der Waals surface area contributed by atoms with Gasteiger partial charge in [0.25, 0.3) is 5.78 Å². The van der Waals surface area contributed by atoms with Crippen LogP contribution in [0.1, 0.15) is 27.2 Å². The minimum Gasteiger partial charge on any atom is -0.291 e. The van der Waals surface area contributed by atoms with E-state index in [-0.39, 0.29) is 12.3 Å². The first-order valence-corrected chi connectivity index (χ1v) is 3.53. The summed E-state index contributed by atoms with van der Waals surface area (Å²) in [4.78, 5) is 31.9. The number of carbonyl (C=O) groups is 3. The van der Waals surface area contributed by atoms with E-state index >= 15 is 0 Å². The normalized spacial score (nSPS) is 9.82. The molecule has 62 valence electrons. The lowest BCUT2D eigenvalue weighted by atomic mass is 10.0. The number of Topliss-reactive ketones (excluding diaryl/α,β-unsaturated/α-hetero) is 3. The van der Waals surface area contributed by atoms with Crippen LogP contribution >= 0.6 is 0 Å². The molecular weight excluding hydrogens is 144 g/mol. The second-order valence-corrected chi connectivity index (χ2v) is 2.91. The Bertz CT molecular complexity index is 192. The molecule has 0 rings (SSSR count). The summed E-state index contributed by atoms with van der Waals surface area (Å²) >= 11 is 0. The Balaban J connectivity index is 4.05. The van der Waals surface area contributed by atoms with Gasteiger partial charge in [-0.25, -0.2) is 0 Å². The molecule has 0 bridgehead atoms. The minimum atomic E-state index is -0.876. The third-order valence-corrected chi connectivity index (χ3v) is 1.17. The summed E-state index contributed by atoms with van der Waals surface area (Å²) in [7, 11) is 0. The van der Waals surface area contributed by atoms with Crippen molar-refractivity contribution in [1.82, 2.24) is 0 Å². The number of hydrogen-bond donors (Lipinski definition) is 0. The van der Waals surface area contributed by atoms with Crippen molar-refractivity contribution in [2.75, 3.05) is 0 Å². The molecular formula is C8H12O3. The van der Waals surface area contributed by atoms with E-state index in [0.717, 1.165) is 6.92 Å². The molecule has 0 heterocycles. The SMILES string of the molecule is CC(=O)C(=O)C(=O)CC(C)C. The molecule has 0 aromatic rings. The lowest BCUT2D eigenvalue weighted by Gasteiger charge is -1.99. The molecule has 0 unspecified atom stereocenters. The molecule has 0 fully saturated rings. The van der Waals surface area contributed by atoms with Gasteiger partial charge >= 0.3 is 0 Å². The maximum Gasteiger partial charge on any atom is 0.263 e. The van der Waals surface area contributed by atoms with Crippen LogP contribution < -0.4 is 0 Å². The minimum absolute atomic E-state index is 0.130. The summed E-state index contributed by atoms with van der Waals surface area (Å²) < 4.78 is 0. The van der Waals surface area contributed by atoms with Gasteiger partial charge < -0.3 is 0 Å². The van der Waals surface area contributed by atoms with Crippen LogP contribution in [0, 0.1) is 5.92 Å². The second-order valence-electron chi connectivity index (χ2n) is 2.91. The van der Waals surface area contributed by atoms with E-state index in [9.17, 15) is 14.4 Å². The van der Waals surface area contributed by atoms with Crippen molar-refractivity contribution in [3.05, 3.63) is 0 Å². The van der Waals surface area contributed by atoms with E-state index in [1.807, 2.05) is 13.8 Å². The van der Waals surface area contributed by atoms with Crippen molar-refractivity contribution < 1.29 is 14.4 Å². The van der Waals surface area contributed by atoms with Crippen LogP contribution in [0.25, 0.3) is 0 Å². The van der Waals surface area contributed by atoms with Gasteiger partial charge in [-0.3, -0.25) is 14.4 Å². The van der Waals surface area contributed by atoms with Gasteiger partial charge in [-0.15, -0.1) is 0 Å². The lowest BCUT2D eigenvalue weighted by molar-refractivity contribution is -0.143. The molecule has 0 aromatic carbocycles. The van der Waals surface area contributed by atoms with Gasteiger partial charge in [0.2, 0.25) is 11.6 Å². The van der Waals surface area contributed by atoms with Gasteiger partial charge in [0.1, 0.15) is 0 Å². The molecule has 3 heteroatoms. The van der Waals surface area contributed by atoms with Crippen LogP contribution in [-0.4, -0.2) is 17.3 Å². The Kier molecular flexibility index (Phi) is 3.65. The molecule has 3 nitrogen and oxygen atoms in total. The van der Waals surface area contributed by atoms with Crippen molar-refractivity contribution in [3.8, 4) is 0 Å². The summed E-state index contributed by atoms with van der Waals surface area (Å²) in [6, 6.07) is 0. The summed E-state index contributed by atoms with van der Waals surface area (Å²) in [5.74, 6) is -1.99. The Labute approximate surface area is 65.8 Å². The molecule has 0 radical (unpaired) electrons. The van der Waals surface area contributed by atoms with E-state index in [0.29, 0.717) is 0 Å². The molecule has 0 aliphatic heterocycles. The van der Waals surface area contributed by atoms with Gasteiger partial charge in [-0.1, -0.05) is 13.8 Å². The second kappa shape index (κ2) is 4.01. The van der Waals surface area contributed by atoms with E-state index in [1.165, 1.54) is 0 Å². The molecule has 0 N–H and O–H groups in total. The van der Waals surface area contributed by atoms with Crippen molar-refractivity contribution >= 4 is 17.3 Å². The maximum atomic E-state index is 10.8. The highest BCUT2D eigenvalue weighted by Crippen LogP contribution is 2.00. The van der Waals surface area contributed by atoms with Crippen molar-refractivity contribution in [3.63, 3.8) is 0 Å². The van der Waals surface area contributed by atoms with Gasteiger partial charge in [0.15, 0.2) is 0 Å². The third kappa shape index (κ3) is 3.65. The molecule has 0 amide bonds. The first-order chi connectivity index (χ1) is 4.95. The highest BCUT2D eigenvalue weighted by Gasteiger charge is 2.18. The van der Waals surface area contributed by atoms with Gasteiger partial charge in [0.05, 0.1) is 0 Å². The maximum absolute atomic E-state index is 10.8. The lowest BCUT2D eigenvalue weighted by Crippen LogP contribution is -2.22. The van der Waals surface area contributed by atoms with Crippen molar-refractivity contribution in [1.29, 1.82) is 0 Å². The van der Waals surface area contributed by atoms with Crippen molar-refractivity contribution in [2.24, 2.45) is 5.92 Å². The topological polar surface area (TPSA) is 51.2 Å². The van der Waals surface area contributed by atoms with E-state index in [1.54, 1.807) is 0 Å². The smallest absolute Gasteiger partial charge is 0.263 e. The summed E-state index contributed by atoms with van der Waals surface area (Å²) in [5, 5.41) is 0. The zero-order chi connectivity index (χ0) is 9.02. The molecule has 0 saturated heterocycles. The number of carbonyl (C=O) groups excluding carboxylic acids is 3. The highest BCUT2D eigenvalue weighted by atomic mass is 16.2. The monoisotopic (exact) mass is 156 g/mol. The largest absolute Gasteiger partial charge is 0.291 e. The summed E-state index contributed by atoms with van der Waals surface area (Å²) in [6.45, 7) is 4.76. The van der Waals surface area contributed by atoms with Crippen LogP contribution in [-0.2, 0) is 14.4 Å². The zero-order valence-corrected chi connectivity index (χ0v) is 7.01. The Morgan fingerprint density at radius 1 is 1.18 bits per heavy atom. The standard InChI is InChI=1S/C8H12O3/c1-5(2)4-7(10)8(11)6(3)9/h5H,4H2,1-3H3. The predicted octanol–water partition coefficient (Wildman–Crippen LogP) is 0.760. The fourth-order valence-corrected chi connectivity index (χ4v) is 0.660. The Morgan fingerprint density at radius 2 is 1.64 bits per heavy atom. The van der Waals surface area contributed by atoms with E-state index < -0.39 is 17.3 Å². The van der Waals surface area contributed by atoms with Gasteiger partial charge in [0, 0.05) is 13.3 Å². The summed E-state index contributed by atoms with van der Waals surface area (Å²) in [5.41, 5.74) is 0. The number of hydrogen-bond acceptors (Lipinski definition) is 3. The first kappa shape index (κ1) is 10.0. The van der Waals surface area contributed by atoms with E-state index in [4.69, 9.17) is 0 Å². The molecule has 0 saturated carbocycles. The number of ketones is 3. The Hall–Kier alpha value is -0.990. The Morgan fingerprint density at radius 3 is 1.91 bits per heavy atom. The predicted molar refractivity (Wildman–Crippen MR) is 40.2 cm³/mol. The fourth-order valence-electron chi connectivity index (χ4n) is 0.660. The van der Waals surface area contributed by atoms with Crippen LogP contribution in [0.4, 0.5) is 0 Å². The van der Waals surface area contributed by atoms with Gasteiger partial charge in [-0.05, 0) is 5.92 Å². The average molecular weight is 156 g/mol. The molecule has 0 aliphatic carbocycles. The van der Waals surface area contributed by atoms with Crippen LogP contribution in [0.2, 0.25) is 0 Å². The summed E-state index contributed by atoms with van der Waals surface area (Å²) in [6.07, 6.45) is 0.165. The molecule has 11 heavy (non-hydrogen) atoms. The molecule has 0 aliphatic rings. The van der Waals surface area contributed by atoms with E-state index in [2.05, 4.69) is 0 Å². The molecule has 0 atom stereocenters. The van der Waals surface area contributed by atoms with Crippen LogP contribution in [0.15, 0.2) is 0 Å². The molecule has 0 spiro atoms. The quantitative estimate of drug-likeness (QED) is 0.446. The molecule has 0 aromatic heterocycles. The fraction of sp³-hybridized carbons (Fsp3) is 0.625. The van der Waals surface area contributed by atoms with Crippen LogP contribution in [0.5, 0.6) is 0 Å².